The number of likely N-dealkylation sites (tertiary alicyclic amines) is 1. The minimum absolute atomic E-state index is 0. The molecule has 3 fully saturated rings. The molecule has 2 aromatic rings. The van der Waals surface area contributed by atoms with E-state index in [9.17, 15) is 9.90 Å². The number of halogens is 1. The normalized spacial score (nSPS) is 32.5. The number of carbonyl (C=O) groups is 1. The highest BCUT2D eigenvalue weighted by Crippen LogP contribution is 2.47. The lowest BCUT2D eigenvalue weighted by Gasteiger charge is -2.33. The number of aliphatic hydroxyl groups excluding tert-OH is 1. The number of nitrogens with zero attached hydrogens (tertiary/aromatic N) is 2. The van der Waals surface area contributed by atoms with Crippen molar-refractivity contribution in [3.8, 4) is 0 Å². The van der Waals surface area contributed by atoms with Crippen LogP contribution in [0, 0.1) is 11.8 Å². The number of amides is 1. The van der Waals surface area contributed by atoms with Gasteiger partial charge in [0.2, 0.25) is 5.91 Å². The van der Waals surface area contributed by atoms with Gasteiger partial charge in [-0.1, -0.05) is 18.2 Å². The molecule has 7 nitrogen and oxygen atoms in total. The number of aromatic amines is 1. The second kappa shape index (κ2) is 6.49. The Balaban J connectivity index is 0.00000168. The number of benzene rings is 1. The summed E-state index contributed by atoms with van der Waals surface area (Å²) < 4.78 is 6.26. The van der Waals surface area contributed by atoms with E-state index < -0.39 is 0 Å². The van der Waals surface area contributed by atoms with E-state index in [4.69, 9.17) is 4.74 Å². The van der Waals surface area contributed by atoms with Gasteiger partial charge in [-0.25, -0.2) is 0 Å². The van der Waals surface area contributed by atoms with Crippen molar-refractivity contribution < 1.29 is 14.6 Å². The number of rotatable bonds is 3. The van der Waals surface area contributed by atoms with E-state index in [1.54, 1.807) is 0 Å². The van der Waals surface area contributed by atoms with Gasteiger partial charge in [-0.3, -0.25) is 9.89 Å². The lowest BCUT2D eigenvalue weighted by Crippen LogP contribution is -2.52. The summed E-state index contributed by atoms with van der Waals surface area (Å²) in [5.41, 5.74) is 1.40. The maximum atomic E-state index is 12.9. The summed E-state index contributed by atoms with van der Waals surface area (Å²) in [7, 11) is 0. The Bertz CT molecular complexity index is 828. The van der Waals surface area contributed by atoms with Gasteiger partial charge in [0.15, 0.2) is 0 Å². The van der Waals surface area contributed by atoms with Gasteiger partial charge < -0.3 is 20.1 Å². The highest BCUT2D eigenvalue weighted by Gasteiger charge is 2.61. The molecular weight excluding hydrogens is 356 g/mol. The molecule has 140 valence electrons. The van der Waals surface area contributed by atoms with E-state index in [1.807, 2.05) is 29.2 Å². The fourth-order valence-electron chi connectivity index (χ4n) is 4.90. The highest BCUT2D eigenvalue weighted by atomic mass is 35.5. The zero-order valence-corrected chi connectivity index (χ0v) is 15.2. The van der Waals surface area contributed by atoms with E-state index >= 15 is 0 Å². The van der Waals surface area contributed by atoms with Crippen LogP contribution in [-0.4, -0.2) is 70.6 Å². The van der Waals surface area contributed by atoms with Crippen LogP contribution in [0.5, 0.6) is 0 Å². The van der Waals surface area contributed by atoms with Crippen molar-refractivity contribution in [2.24, 2.45) is 11.8 Å². The molecule has 0 unspecified atom stereocenters. The summed E-state index contributed by atoms with van der Waals surface area (Å²) in [5, 5.41) is 21.5. The Labute approximate surface area is 157 Å². The number of para-hydroxylation sites is 1. The van der Waals surface area contributed by atoms with Crippen molar-refractivity contribution in [2.75, 3.05) is 32.8 Å². The van der Waals surface area contributed by atoms with Gasteiger partial charge in [-0.15, -0.1) is 12.4 Å². The van der Waals surface area contributed by atoms with Crippen molar-refractivity contribution in [1.82, 2.24) is 20.4 Å². The SMILES string of the molecule is Cl.O=C(Cc1[nH]nc2ccccc12)N1C[C@@H]2[C@H](CO)[C@H]3CNC[C@]2(C1)O3. The number of carbonyl (C=O) groups excluding carboxylic acids is 1. The Morgan fingerprint density at radius 3 is 3.12 bits per heavy atom. The standard InChI is InChI=1S/C18H22N4O3.ClH/c23-8-12-13-7-22(10-18(13)9-19-6-16(12)25-18)17(24)5-15-11-3-1-2-4-14(11)20-21-15;/h1-4,12-13,16,19,23H,5-10H2,(H,20,21);1H/t12-,13+,16+,18+;/m0./s1. The van der Waals surface area contributed by atoms with Crippen LogP contribution < -0.4 is 5.32 Å². The number of hydrogen-bond acceptors (Lipinski definition) is 5. The third kappa shape index (κ3) is 2.53. The van der Waals surface area contributed by atoms with Crippen molar-refractivity contribution in [2.45, 2.75) is 18.1 Å². The summed E-state index contributed by atoms with van der Waals surface area (Å²) in [6.07, 6.45) is 0.377. The van der Waals surface area contributed by atoms with Crippen LogP contribution in [0.4, 0.5) is 0 Å². The van der Waals surface area contributed by atoms with Crippen LogP contribution in [0.2, 0.25) is 0 Å². The number of morpholine rings is 1. The molecule has 1 amide bonds. The first-order valence-electron chi connectivity index (χ1n) is 8.89. The minimum atomic E-state index is -0.331. The van der Waals surface area contributed by atoms with Crippen molar-refractivity contribution in [1.29, 1.82) is 0 Å². The Kier molecular flexibility index (Phi) is 4.43. The van der Waals surface area contributed by atoms with Gasteiger partial charge in [-0.2, -0.15) is 5.10 Å². The van der Waals surface area contributed by atoms with Crippen LogP contribution in [-0.2, 0) is 16.0 Å². The molecule has 4 heterocycles. The smallest absolute Gasteiger partial charge is 0.228 e. The van der Waals surface area contributed by atoms with Crippen molar-refractivity contribution in [3.05, 3.63) is 30.0 Å². The molecule has 3 aliphatic heterocycles. The monoisotopic (exact) mass is 378 g/mol. The molecule has 1 aromatic carbocycles. The summed E-state index contributed by atoms with van der Waals surface area (Å²) in [6, 6.07) is 7.82. The lowest BCUT2D eigenvalue weighted by atomic mass is 9.83. The van der Waals surface area contributed by atoms with Crippen LogP contribution in [0.1, 0.15) is 5.69 Å². The number of hydrogen-bond donors (Lipinski definition) is 3. The van der Waals surface area contributed by atoms with Gasteiger partial charge >= 0.3 is 0 Å². The molecule has 1 spiro atoms. The predicted molar refractivity (Wildman–Crippen MR) is 98.2 cm³/mol. The van der Waals surface area contributed by atoms with Gasteiger partial charge in [-0.05, 0) is 6.07 Å². The van der Waals surface area contributed by atoms with Crippen molar-refractivity contribution >= 4 is 29.2 Å². The second-order valence-corrected chi connectivity index (χ2v) is 7.48. The molecule has 0 saturated carbocycles. The molecule has 2 bridgehead atoms. The van der Waals surface area contributed by atoms with Gasteiger partial charge in [0, 0.05) is 43.5 Å². The van der Waals surface area contributed by atoms with Gasteiger partial charge in [0.05, 0.1) is 30.3 Å². The van der Waals surface area contributed by atoms with E-state index in [0.29, 0.717) is 19.5 Å². The quantitative estimate of drug-likeness (QED) is 0.716. The average molecular weight is 379 g/mol. The first-order chi connectivity index (χ1) is 12.2. The number of H-pyrrole nitrogens is 1. The summed E-state index contributed by atoms with van der Waals surface area (Å²) in [4.78, 5) is 14.8. The molecule has 5 rings (SSSR count). The molecule has 1 aromatic heterocycles. The fraction of sp³-hybridized carbons (Fsp3) is 0.556. The zero-order valence-electron chi connectivity index (χ0n) is 14.4. The fourth-order valence-corrected chi connectivity index (χ4v) is 4.90. The maximum Gasteiger partial charge on any atom is 0.228 e. The molecule has 0 aliphatic carbocycles. The lowest BCUT2D eigenvalue weighted by molar-refractivity contribution is -0.133. The Morgan fingerprint density at radius 2 is 2.27 bits per heavy atom. The van der Waals surface area contributed by atoms with Gasteiger partial charge in [0.25, 0.3) is 0 Å². The average Bonchev–Trinajstić information content (AvgIpc) is 3.24. The Morgan fingerprint density at radius 1 is 1.42 bits per heavy atom. The predicted octanol–water partition coefficient (Wildman–Crippen LogP) is 0.335. The number of aromatic nitrogens is 2. The molecule has 4 atom stereocenters. The molecule has 8 heteroatoms. The number of aliphatic hydroxyl groups is 1. The van der Waals surface area contributed by atoms with E-state index in [0.717, 1.165) is 29.7 Å². The molecule has 26 heavy (non-hydrogen) atoms. The maximum absolute atomic E-state index is 12.9. The summed E-state index contributed by atoms with van der Waals surface area (Å²) in [6.45, 7) is 2.92. The summed E-state index contributed by atoms with van der Waals surface area (Å²) in [5.74, 6) is 0.404. The third-order valence-electron chi connectivity index (χ3n) is 6.13. The first-order valence-corrected chi connectivity index (χ1v) is 8.89. The van der Waals surface area contributed by atoms with Gasteiger partial charge in [0.1, 0.15) is 5.60 Å². The number of fused-ring (bicyclic) bond motifs is 2. The molecule has 3 aliphatic rings. The molecule has 0 radical (unpaired) electrons. The zero-order chi connectivity index (χ0) is 17.0. The minimum Gasteiger partial charge on any atom is -0.396 e. The van der Waals surface area contributed by atoms with Crippen LogP contribution in [0.15, 0.2) is 24.3 Å². The van der Waals surface area contributed by atoms with E-state index in [-0.39, 0.29) is 48.5 Å². The number of nitrogens with one attached hydrogen (secondary N) is 2. The number of ether oxygens (including phenoxy) is 1. The Hall–Kier alpha value is -1.67. The molecule has 3 saturated heterocycles. The van der Waals surface area contributed by atoms with Crippen molar-refractivity contribution in [3.63, 3.8) is 0 Å². The highest BCUT2D eigenvalue weighted by molar-refractivity contribution is 5.87. The first kappa shape index (κ1) is 17.7. The van der Waals surface area contributed by atoms with E-state index in [1.165, 1.54) is 0 Å². The van der Waals surface area contributed by atoms with Crippen LogP contribution >= 0.6 is 12.4 Å². The molecular formula is C18H23ClN4O3. The summed E-state index contributed by atoms with van der Waals surface area (Å²) >= 11 is 0. The largest absolute Gasteiger partial charge is 0.396 e. The second-order valence-electron chi connectivity index (χ2n) is 7.48. The third-order valence-corrected chi connectivity index (χ3v) is 6.13. The van der Waals surface area contributed by atoms with Crippen LogP contribution in [0.25, 0.3) is 10.9 Å². The van der Waals surface area contributed by atoms with Crippen LogP contribution in [0.3, 0.4) is 0 Å². The van der Waals surface area contributed by atoms with E-state index in [2.05, 4.69) is 15.5 Å². The molecule has 3 N–H and O–H groups in total. The topological polar surface area (TPSA) is 90.5 Å².